The smallest absolute Gasteiger partial charge is 0.319 e. The molecule has 0 aliphatic carbocycles. The van der Waals surface area contributed by atoms with Crippen LogP contribution in [0.4, 0.5) is 16.2 Å². The number of aromatic nitrogens is 2. The minimum atomic E-state index is -0.288. The summed E-state index contributed by atoms with van der Waals surface area (Å²) in [7, 11) is 1.87. The highest BCUT2D eigenvalue weighted by molar-refractivity contribution is 5.89. The second-order valence-corrected chi connectivity index (χ2v) is 3.89. The minimum absolute atomic E-state index is 0.288. The van der Waals surface area contributed by atoms with E-state index in [0.29, 0.717) is 17.9 Å². The van der Waals surface area contributed by atoms with Crippen molar-refractivity contribution in [3.05, 3.63) is 42.5 Å². The highest BCUT2D eigenvalue weighted by Gasteiger charge is 2.04. The number of amides is 2. The van der Waals surface area contributed by atoms with E-state index >= 15 is 0 Å². The number of imidazole rings is 1. The fourth-order valence-corrected chi connectivity index (χ4v) is 1.52. The van der Waals surface area contributed by atoms with E-state index in [2.05, 4.69) is 15.6 Å². The zero-order valence-electron chi connectivity index (χ0n) is 10.1. The fourth-order valence-electron chi connectivity index (χ4n) is 1.52. The number of carbonyl (C=O) groups excluding carboxylic acids is 1. The van der Waals surface area contributed by atoms with Crippen LogP contribution in [0.2, 0.25) is 0 Å². The highest BCUT2D eigenvalue weighted by atomic mass is 16.2. The van der Waals surface area contributed by atoms with Gasteiger partial charge in [-0.2, -0.15) is 0 Å². The van der Waals surface area contributed by atoms with Gasteiger partial charge in [-0.25, -0.2) is 9.78 Å². The van der Waals surface area contributed by atoms with Gasteiger partial charge in [0.2, 0.25) is 0 Å². The first-order chi connectivity index (χ1) is 8.65. The second-order valence-electron chi connectivity index (χ2n) is 3.89. The standard InChI is InChI=1S/C12H15N5O/c1-17-6-5-14-11(17)8-15-12(18)16-10-4-2-3-9(13)7-10/h2-7H,8,13H2,1H3,(H2,15,16,18). The second kappa shape index (κ2) is 5.22. The first-order valence-corrected chi connectivity index (χ1v) is 5.52. The number of anilines is 2. The van der Waals surface area contributed by atoms with Gasteiger partial charge in [0.25, 0.3) is 0 Å². The fraction of sp³-hybridized carbons (Fsp3) is 0.167. The van der Waals surface area contributed by atoms with Gasteiger partial charge >= 0.3 is 6.03 Å². The summed E-state index contributed by atoms with van der Waals surface area (Å²) in [6, 6.07) is 6.72. The van der Waals surface area contributed by atoms with Crippen molar-refractivity contribution < 1.29 is 4.79 Å². The molecule has 0 atom stereocenters. The zero-order valence-corrected chi connectivity index (χ0v) is 10.1. The van der Waals surface area contributed by atoms with Gasteiger partial charge in [-0.05, 0) is 18.2 Å². The highest BCUT2D eigenvalue weighted by Crippen LogP contribution is 2.11. The van der Waals surface area contributed by atoms with Crippen LogP contribution in [0, 0.1) is 0 Å². The minimum Gasteiger partial charge on any atom is -0.399 e. The summed E-state index contributed by atoms with van der Waals surface area (Å²) in [6.07, 6.45) is 3.51. The van der Waals surface area contributed by atoms with E-state index in [4.69, 9.17) is 5.73 Å². The van der Waals surface area contributed by atoms with Crippen LogP contribution in [0.15, 0.2) is 36.7 Å². The van der Waals surface area contributed by atoms with Crippen molar-refractivity contribution in [1.82, 2.24) is 14.9 Å². The zero-order chi connectivity index (χ0) is 13.0. The van der Waals surface area contributed by atoms with E-state index in [9.17, 15) is 4.79 Å². The Morgan fingerprint density at radius 1 is 1.50 bits per heavy atom. The quantitative estimate of drug-likeness (QED) is 0.713. The van der Waals surface area contributed by atoms with Crippen LogP contribution in [0.25, 0.3) is 0 Å². The van der Waals surface area contributed by atoms with Crippen LogP contribution < -0.4 is 16.4 Å². The predicted molar refractivity (Wildman–Crippen MR) is 69.9 cm³/mol. The number of nitrogens with one attached hydrogen (secondary N) is 2. The van der Waals surface area contributed by atoms with E-state index in [0.717, 1.165) is 5.82 Å². The number of urea groups is 1. The number of aryl methyl sites for hydroxylation is 1. The lowest BCUT2D eigenvalue weighted by molar-refractivity contribution is 0.251. The molecule has 94 valence electrons. The summed E-state index contributed by atoms with van der Waals surface area (Å²) >= 11 is 0. The molecular weight excluding hydrogens is 230 g/mol. The summed E-state index contributed by atoms with van der Waals surface area (Å²) in [5, 5.41) is 5.42. The Balaban J connectivity index is 1.88. The third kappa shape index (κ3) is 3.00. The Bertz CT molecular complexity index is 549. The van der Waals surface area contributed by atoms with Crippen LogP contribution in [0.5, 0.6) is 0 Å². The van der Waals surface area contributed by atoms with Crippen molar-refractivity contribution in [2.45, 2.75) is 6.54 Å². The molecule has 0 bridgehead atoms. The third-order valence-electron chi connectivity index (χ3n) is 2.47. The van der Waals surface area contributed by atoms with Crippen molar-refractivity contribution in [3.8, 4) is 0 Å². The maximum absolute atomic E-state index is 11.6. The van der Waals surface area contributed by atoms with Crippen LogP contribution in [-0.2, 0) is 13.6 Å². The van der Waals surface area contributed by atoms with E-state index in [1.807, 2.05) is 17.8 Å². The number of nitrogen functional groups attached to an aromatic ring is 1. The van der Waals surface area contributed by atoms with E-state index in [1.54, 1.807) is 30.5 Å². The summed E-state index contributed by atoms with van der Waals surface area (Å²) in [5.41, 5.74) is 6.89. The molecule has 1 aromatic carbocycles. The van der Waals surface area contributed by atoms with Gasteiger partial charge in [0.05, 0.1) is 6.54 Å². The third-order valence-corrected chi connectivity index (χ3v) is 2.47. The Morgan fingerprint density at radius 2 is 2.33 bits per heavy atom. The average Bonchev–Trinajstić information content (AvgIpc) is 2.72. The van der Waals surface area contributed by atoms with Crippen LogP contribution >= 0.6 is 0 Å². The predicted octanol–water partition coefficient (Wildman–Crippen LogP) is 1.32. The van der Waals surface area contributed by atoms with Crippen LogP contribution in [-0.4, -0.2) is 15.6 Å². The monoisotopic (exact) mass is 245 g/mol. The molecule has 6 heteroatoms. The molecule has 0 saturated carbocycles. The lowest BCUT2D eigenvalue weighted by Crippen LogP contribution is -2.29. The molecule has 0 radical (unpaired) electrons. The van der Waals surface area contributed by atoms with Crippen LogP contribution in [0.3, 0.4) is 0 Å². The topological polar surface area (TPSA) is 85.0 Å². The number of hydrogen-bond acceptors (Lipinski definition) is 3. The molecule has 6 nitrogen and oxygen atoms in total. The molecule has 2 amide bonds. The summed E-state index contributed by atoms with van der Waals surface area (Å²) in [6.45, 7) is 0.373. The Morgan fingerprint density at radius 3 is 3.00 bits per heavy atom. The molecule has 1 aromatic heterocycles. The summed E-state index contributed by atoms with van der Waals surface area (Å²) in [5.74, 6) is 0.790. The summed E-state index contributed by atoms with van der Waals surface area (Å²) in [4.78, 5) is 15.7. The number of benzene rings is 1. The number of hydrogen-bond donors (Lipinski definition) is 3. The molecule has 0 aliphatic rings. The van der Waals surface area contributed by atoms with Crippen molar-refractivity contribution in [3.63, 3.8) is 0 Å². The largest absolute Gasteiger partial charge is 0.399 e. The average molecular weight is 245 g/mol. The van der Waals surface area contributed by atoms with E-state index in [-0.39, 0.29) is 6.03 Å². The lowest BCUT2D eigenvalue weighted by atomic mass is 10.3. The van der Waals surface area contributed by atoms with Crippen molar-refractivity contribution in [2.24, 2.45) is 7.05 Å². The molecule has 18 heavy (non-hydrogen) atoms. The molecule has 2 rings (SSSR count). The van der Waals surface area contributed by atoms with E-state index < -0.39 is 0 Å². The maximum atomic E-state index is 11.6. The van der Waals surface area contributed by atoms with Gasteiger partial charge in [-0.3, -0.25) is 0 Å². The van der Waals surface area contributed by atoms with Gasteiger partial charge in [0.15, 0.2) is 0 Å². The first-order valence-electron chi connectivity index (χ1n) is 5.52. The Kier molecular flexibility index (Phi) is 3.47. The van der Waals surface area contributed by atoms with Gasteiger partial charge < -0.3 is 20.9 Å². The van der Waals surface area contributed by atoms with E-state index in [1.165, 1.54) is 0 Å². The first kappa shape index (κ1) is 12.0. The molecule has 2 aromatic rings. The Labute approximate surface area is 105 Å². The molecule has 1 heterocycles. The molecule has 0 aliphatic heterocycles. The van der Waals surface area contributed by atoms with Gasteiger partial charge in [-0.1, -0.05) is 6.07 Å². The number of nitrogens with two attached hydrogens (primary N) is 1. The Hall–Kier alpha value is -2.50. The molecule has 0 spiro atoms. The molecule has 4 N–H and O–H groups in total. The van der Waals surface area contributed by atoms with Gasteiger partial charge in [0, 0.05) is 30.8 Å². The number of carbonyl (C=O) groups is 1. The van der Waals surface area contributed by atoms with Crippen molar-refractivity contribution in [2.75, 3.05) is 11.1 Å². The summed E-state index contributed by atoms with van der Waals surface area (Å²) < 4.78 is 1.85. The van der Waals surface area contributed by atoms with Crippen molar-refractivity contribution >= 4 is 17.4 Å². The maximum Gasteiger partial charge on any atom is 0.319 e. The van der Waals surface area contributed by atoms with Crippen molar-refractivity contribution in [1.29, 1.82) is 0 Å². The van der Waals surface area contributed by atoms with Gasteiger partial charge in [-0.15, -0.1) is 0 Å². The molecule has 0 saturated heterocycles. The SMILES string of the molecule is Cn1ccnc1CNC(=O)Nc1cccc(N)c1. The molecule has 0 unspecified atom stereocenters. The number of rotatable bonds is 3. The lowest BCUT2D eigenvalue weighted by Gasteiger charge is -2.08. The molecule has 0 fully saturated rings. The molecular formula is C12H15N5O. The number of nitrogens with zero attached hydrogens (tertiary/aromatic N) is 2. The van der Waals surface area contributed by atoms with Gasteiger partial charge in [0.1, 0.15) is 5.82 Å². The van der Waals surface area contributed by atoms with Crippen LogP contribution in [0.1, 0.15) is 5.82 Å². The normalized spacial score (nSPS) is 10.1.